The lowest BCUT2D eigenvalue weighted by Gasteiger charge is -2.14. The zero-order chi connectivity index (χ0) is 18.2. The van der Waals surface area contributed by atoms with Gasteiger partial charge in [-0.25, -0.2) is 0 Å². The number of ether oxygens (including phenoxy) is 2. The molecule has 1 heterocycles. The Balaban J connectivity index is 1.98. The molecule has 138 valence electrons. The highest BCUT2D eigenvalue weighted by molar-refractivity contribution is 5.43. The van der Waals surface area contributed by atoms with E-state index in [0.717, 1.165) is 49.7 Å². The summed E-state index contributed by atoms with van der Waals surface area (Å²) in [5, 5.41) is 7.97. The maximum Gasteiger partial charge on any atom is 0.161 e. The number of hydrogen-bond donors (Lipinski definition) is 1. The molecule has 0 saturated carbocycles. The molecule has 0 amide bonds. The Morgan fingerprint density at radius 3 is 2.52 bits per heavy atom. The summed E-state index contributed by atoms with van der Waals surface area (Å²) in [7, 11) is 1.98. The van der Waals surface area contributed by atoms with Gasteiger partial charge >= 0.3 is 0 Å². The third-order valence-corrected chi connectivity index (χ3v) is 4.35. The van der Waals surface area contributed by atoms with Crippen LogP contribution in [0, 0.1) is 13.8 Å². The van der Waals surface area contributed by atoms with Crippen LogP contribution in [0.25, 0.3) is 0 Å². The Labute approximate surface area is 151 Å². The first kappa shape index (κ1) is 19.3. The first-order chi connectivity index (χ1) is 12.1. The van der Waals surface area contributed by atoms with E-state index >= 15 is 0 Å². The van der Waals surface area contributed by atoms with Crippen molar-refractivity contribution in [2.75, 3.05) is 13.2 Å². The van der Waals surface area contributed by atoms with E-state index in [1.165, 1.54) is 16.8 Å². The zero-order valence-electron chi connectivity index (χ0n) is 16.2. The van der Waals surface area contributed by atoms with Crippen molar-refractivity contribution in [3.63, 3.8) is 0 Å². The van der Waals surface area contributed by atoms with Gasteiger partial charge in [0, 0.05) is 31.4 Å². The fraction of sp³-hybridized carbons (Fsp3) is 0.550. The van der Waals surface area contributed by atoms with Crippen LogP contribution in [0.5, 0.6) is 11.5 Å². The lowest BCUT2D eigenvalue weighted by molar-refractivity contribution is 0.272. The van der Waals surface area contributed by atoms with Crippen LogP contribution in [0.3, 0.4) is 0 Å². The number of rotatable bonds is 10. The van der Waals surface area contributed by atoms with Crippen LogP contribution in [0.2, 0.25) is 0 Å². The van der Waals surface area contributed by atoms with Crippen LogP contribution in [0.4, 0.5) is 0 Å². The van der Waals surface area contributed by atoms with Crippen molar-refractivity contribution < 1.29 is 9.47 Å². The van der Waals surface area contributed by atoms with E-state index in [1.807, 2.05) is 24.7 Å². The Hall–Kier alpha value is -2.01. The minimum Gasteiger partial charge on any atom is -0.490 e. The first-order valence-electron chi connectivity index (χ1n) is 9.15. The summed E-state index contributed by atoms with van der Waals surface area (Å²) in [6, 6.07) is 6.18. The second kappa shape index (κ2) is 9.47. The molecule has 0 fully saturated rings. The van der Waals surface area contributed by atoms with E-state index in [2.05, 4.69) is 43.3 Å². The number of benzene rings is 1. The summed E-state index contributed by atoms with van der Waals surface area (Å²) in [5.74, 6) is 1.66. The van der Waals surface area contributed by atoms with Crippen LogP contribution in [-0.2, 0) is 20.1 Å². The molecule has 0 radical (unpaired) electrons. The molecule has 0 aliphatic heterocycles. The van der Waals surface area contributed by atoms with E-state index in [0.29, 0.717) is 6.61 Å². The molecular formula is C20H31N3O2. The predicted molar refractivity (Wildman–Crippen MR) is 101 cm³/mol. The normalized spacial score (nSPS) is 10.9. The summed E-state index contributed by atoms with van der Waals surface area (Å²) < 4.78 is 13.5. The summed E-state index contributed by atoms with van der Waals surface area (Å²) in [4.78, 5) is 0. The first-order valence-corrected chi connectivity index (χ1v) is 9.15. The van der Waals surface area contributed by atoms with Crippen LogP contribution >= 0.6 is 0 Å². The van der Waals surface area contributed by atoms with Crippen LogP contribution in [0.15, 0.2) is 18.2 Å². The maximum atomic E-state index is 5.84. The van der Waals surface area contributed by atoms with Gasteiger partial charge < -0.3 is 14.8 Å². The van der Waals surface area contributed by atoms with Gasteiger partial charge in [0.25, 0.3) is 0 Å². The number of aromatic nitrogens is 2. The molecule has 25 heavy (non-hydrogen) atoms. The molecule has 0 bridgehead atoms. The molecule has 1 aromatic carbocycles. The minimum absolute atomic E-state index is 0.634. The molecule has 1 N–H and O–H groups in total. The molecule has 2 rings (SSSR count). The number of nitrogens with one attached hydrogen (secondary N) is 1. The molecule has 0 unspecified atom stereocenters. The molecule has 2 aromatic rings. The fourth-order valence-electron chi connectivity index (χ4n) is 2.78. The SMILES string of the molecule is CCCCOc1ccc(CNCc2c(C)nn(C)c2C)cc1OCC. The Kier molecular flexibility index (Phi) is 7.31. The summed E-state index contributed by atoms with van der Waals surface area (Å²) in [5.41, 5.74) is 4.75. The monoisotopic (exact) mass is 345 g/mol. The van der Waals surface area contributed by atoms with Crippen LogP contribution < -0.4 is 14.8 Å². The molecule has 0 atom stereocenters. The van der Waals surface area contributed by atoms with Crippen molar-refractivity contribution in [1.82, 2.24) is 15.1 Å². The number of aryl methyl sites for hydroxylation is 2. The second-order valence-corrected chi connectivity index (χ2v) is 6.29. The highest BCUT2D eigenvalue weighted by atomic mass is 16.5. The van der Waals surface area contributed by atoms with E-state index in [9.17, 15) is 0 Å². The molecule has 0 spiro atoms. The smallest absolute Gasteiger partial charge is 0.161 e. The standard InChI is InChI=1S/C20H31N3O2/c1-6-8-11-25-19-10-9-17(12-20(19)24-7-2)13-21-14-18-15(3)22-23(5)16(18)4/h9-10,12,21H,6-8,11,13-14H2,1-5H3. The highest BCUT2D eigenvalue weighted by Crippen LogP contribution is 2.28. The summed E-state index contributed by atoms with van der Waals surface area (Å²) in [6.07, 6.45) is 2.18. The van der Waals surface area contributed by atoms with Crippen LogP contribution in [0.1, 0.15) is 49.2 Å². The highest BCUT2D eigenvalue weighted by Gasteiger charge is 2.10. The van der Waals surface area contributed by atoms with E-state index < -0.39 is 0 Å². The lowest BCUT2D eigenvalue weighted by atomic mass is 10.1. The molecule has 5 nitrogen and oxygen atoms in total. The molecule has 0 aliphatic carbocycles. The topological polar surface area (TPSA) is 48.3 Å². The average Bonchev–Trinajstić information content (AvgIpc) is 2.83. The quantitative estimate of drug-likeness (QED) is 0.663. The van der Waals surface area contributed by atoms with Crippen molar-refractivity contribution in [3.8, 4) is 11.5 Å². The van der Waals surface area contributed by atoms with Gasteiger partial charge in [-0.05, 0) is 44.9 Å². The van der Waals surface area contributed by atoms with E-state index in [-0.39, 0.29) is 0 Å². The zero-order valence-corrected chi connectivity index (χ0v) is 16.2. The Morgan fingerprint density at radius 1 is 1.08 bits per heavy atom. The number of hydrogen-bond acceptors (Lipinski definition) is 4. The van der Waals surface area contributed by atoms with E-state index in [1.54, 1.807) is 0 Å². The number of unbranched alkanes of at least 4 members (excludes halogenated alkanes) is 1. The van der Waals surface area contributed by atoms with Crippen molar-refractivity contribution in [1.29, 1.82) is 0 Å². The molecule has 0 aliphatic rings. The van der Waals surface area contributed by atoms with Gasteiger partial charge in [-0.1, -0.05) is 19.4 Å². The van der Waals surface area contributed by atoms with E-state index in [4.69, 9.17) is 9.47 Å². The predicted octanol–water partition coefficient (Wildman–Crippen LogP) is 3.90. The maximum absolute atomic E-state index is 5.84. The summed E-state index contributed by atoms with van der Waals surface area (Å²) in [6.45, 7) is 11.3. The van der Waals surface area contributed by atoms with Gasteiger partial charge in [0.2, 0.25) is 0 Å². The largest absolute Gasteiger partial charge is 0.490 e. The number of nitrogens with zero attached hydrogens (tertiary/aromatic N) is 2. The molecule has 1 aromatic heterocycles. The minimum atomic E-state index is 0.634. The third kappa shape index (κ3) is 5.23. The van der Waals surface area contributed by atoms with Crippen molar-refractivity contribution >= 4 is 0 Å². The Morgan fingerprint density at radius 2 is 1.88 bits per heavy atom. The van der Waals surface area contributed by atoms with Crippen molar-refractivity contribution in [2.45, 2.75) is 53.6 Å². The van der Waals surface area contributed by atoms with Gasteiger partial charge in [-0.15, -0.1) is 0 Å². The molecular weight excluding hydrogens is 314 g/mol. The van der Waals surface area contributed by atoms with Gasteiger partial charge in [0.05, 0.1) is 18.9 Å². The van der Waals surface area contributed by atoms with Gasteiger partial charge in [0.15, 0.2) is 11.5 Å². The second-order valence-electron chi connectivity index (χ2n) is 6.29. The summed E-state index contributed by atoms with van der Waals surface area (Å²) >= 11 is 0. The Bertz CT molecular complexity index is 680. The molecule has 5 heteroatoms. The lowest BCUT2D eigenvalue weighted by Crippen LogP contribution is -2.14. The van der Waals surface area contributed by atoms with Gasteiger partial charge in [0.1, 0.15) is 0 Å². The van der Waals surface area contributed by atoms with Gasteiger partial charge in [-0.2, -0.15) is 5.10 Å². The molecule has 0 saturated heterocycles. The van der Waals surface area contributed by atoms with Gasteiger partial charge in [-0.3, -0.25) is 4.68 Å². The average molecular weight is 345 g/mol. The fourth-order valence-corrected chi connectivity index (χ4v) is 2.78. The van der Waals surface area contributed by atoms with Crippen molar-refractivity contribution in [3.05, 3.63) is 40.7 Å². The van der Waals surface area contributed by atoms with Crippen molar-refractivity contribution in [2.24, 2.45) is 7.05 Å². The van der Waals surface area contributed by atoms with Crippen LogP contribution in [-0.4, -0.2) is 23.0 Å². The third-order valence-electron chi connectivity index (χ3n) is 4.35.